The van der Waals surface area contributed by atoms with Crippen LogP contribution in [0.5, 0.6) is 11.5 Å². The first kappa shape index (κ1) is 34.2. The van der Waals surface area contributed by atoms with Crippen LogP contribution in [0.3, 0.4) is 0 Å². The molecule has 1 atom stereocenters. The number of aromatic hydroxyl groups is 1. The third-order valence-electron chi connectivity index (χ3n) is 7.42. The standard InChI is InChI=1S/C33H55N2O4P/c1-16-23(17-2)40(37,38-22-18-24(30(4,5)6)29(36)25(19-22)31(7,8)9)39-35-28-21(3)34-20-26(32(10,11)12)27(28)33(13,14)15/h18-20,23,35-36H,16-17H2,1-15H3. The highest BCUT2D eigenvalue weighted by molar-refractivity contribution is 7.55. The molecule has 2 rings (SSSR count). The van der Waals surface area contributed by atoms with E-state index in [-0.39, 0.29) is 33.1 Å². The number of rotatable bonds is 8. The number of aryl methyl sites for hydroxylation is 1. The number of phenols is 1. The van der Waals surface area contributed by atoms with Crippen LogP contribution in [0.25, 0.3) is 0 Å². The van der Waals surface area contributed by atoms with E-state index in [1.54, 1.807) is 12.1 Å². The van der Waals surface area contributed by atoms with E-state index in [1.165, 1.54) is 0 Å². The van der Waals surface area contributed by atoms with Crippen LogP contribution >= 0.6 is 7.60 Å². The number of phenolic OH excluding ortho intramolecular Hbond substituents is 1. The van der Waals surface area contributed by atoms with Crippen molar-refractivity contribution in [1.29, 1.82) is 0 Å². The van der Waals surface area contributed by atoms with Gasteiger partial charge in [0.15, 0.2) is 0 Å². The zero-order valence-corrected chi connectivity index (χ0v) is 28.7. The summed E-state index contributed by atoms with van der Waals surface area (Å²) in [7, 11) is -3.74. The lowest BCUT2D eigenvalue weighted by Crippen LogP contribution is -2.26. The summed E-state index contributed by atoms with van der Waals surface area (Å²) < 4.78 is 27.3. The summed E-state index contributed by atoms with van der Waals surface area (Å²) in [5.41, 5.74) is 6.89. The molecule has 0 saturated heterocycles. The SMILES string of the molecule is CCC(CC)P(=O)(ONc1c(C)ncc(C(C)(C)C)c1C(C)(C)C)Oc1cc(C(C)(C)C)c(O)c(C(C)(C)C)c1. The maximum Gasteiger partial charge on any atom is 0.403 e. The van der Waals surface area contributed by atoms with E-state index in [2.05, 4.69) is 52.0 Å². The number of nitrogens with zero attached hydrogens (tertiary/aromatic N) is 1. The van der Waals surface area contributed by atoms with Gasteiger partial charge < -0.3 is 9.63 Å². The first-order valence-corrected chi connectivity index (χ1v) is 16.2. The van der Waals surface area contributed by atoms with Crippen LogP contribution in [-0.4, -0.2) is 15.7 Å². The highest BCUT2D eigenvalue weighted by Crippen LogP contribution is 2.57. The van der Waals surface area contributed by atoms with E-state index >= 15 is 0 Å². The predicted octanol–water partition coefficient (Wildman–Crippen LogP) is 10.1. The second-order valence-electron chi connectivity index (χ2n) is 15.2. The van der Waals surface area contributed by atoms with Crippen molar-refractivity contribution in [2.45, 2.75) is 144 Å². The van der Waals surface area contributed by atoms with Crippen LogP contribution in [0.4, 0.5) is 5.69 Å². The molecular formula is C33H55N2O4P. The average Bonchev–Trinajstić information content (AvgIpc) is 2.77. The second kappa shape index (κ2) is 11.7. The molecule has 1 aromatic heterocycles. The van der Waals surface area contributed by atoms with Crippen molar-refractivity contribution in [3.8, 4) is 11.5 Å². The zero-order chi connectivity index (χ0) is 31.1. The molecule has 2 N–H and O–H groups in total. The number of hydrogen-bond acceptors (Lipinski definition) is 6. The summed E-state index contributed by atoms with van der Waals surface area (Å²) in [6, 6.07) is 3.60. The topological polar surface area (TPSA) is 80.7 Å². The van der Waals surface area contributed by atoms with Gasteiger partial charge in [-0.05, 0) is 64.7 Å². The first-order valence-electron chi connectivity index (χ1n) is 14.6. The van der Waals surface area contributed by atoms with Crippen LogP contribution in [-0.2, 0) is 30.8 Å². The molecule has 2 aromatic rings. The maximum absolute atomic E-state index is 14.7. The number of nitrogens with one attached hydrogen (secondary N) is 1. The van der Waals surface area contributed by atoms with Crippen molar-refractivity contribution in [2.24, 2.45) is 0 Å². The molecule has 0 bridgehead atoms. The highest BCUT2D eigenvalue weighted by Gasteiger charge is 2.39. The summed E-state index contributed by atoms with van der Waals surface area (Å²) >= 11 is 0. The van der Waals surface area contributed by atoms with Gasteiger partial charge in [-0.1, -0.05) is 96.9 Å². The lowest BCUT2D eigenvalue weighted by atomic mass is 9.75. The highest BCUT2D eigenvalue weighted by atomic mass is 31.2. The van der Waals surface area contributed by atoms with Crippen LogP contribution < -0.4 is 10.0 Å². The smallest absolute Gasteiger partial charge is 0.403 e. The third kappa shape index (κ3) is 7.62. The van der Waals surface area contributed by atoms with Gasteiger partial charge in [-0.25, -0.2) is 4.57 Å². The Kier molecular flexibility index (Phi) is 9.98. The predicted molar refractivity (Wildman–Crippen MR) is 169 cm³/mol. The Morgan fingerprint density at radius 1 is 0.825 bits per heavy atom. The van der Waals surface area contributed by atoms with Crippen molar-refractivity contribution in [2.75, 3.05) is 5.48 Å². The van der Waals surface area contributed by atoms with Gasteiger partial charge in [-0.15, -0.1) is 0 Å². The first-order chi connectivity index (χ1) is 18.0. The van der Waals surface area contributed by atoms with Gasteiger partial charge in [0.1, 0.15) is 11.5 Å². The van der Waals surface area contributed by atoms with Gasteiger partial charge in [0.05, 0.1) is 17.0 Å². The quantitative estimate of drug-likeness (QED) is 0.241. The molecule has 0 radical (unpaired) electrons. The molecule has 0 saturated carbocycles. The fourth-order valence-electron chi connectivity index (χ4n) is 5.04. The molecule has 1 heterocycles. The van der Waals surface area contributed by atoms with E-state index in [0.29, 0.717) is 18.6 Å². The fourth-order valence-corrected chi connectivity index (χ4v) is 6.89. The lowest BCUT2D eigenvalue weighted by molar-refractivity contribution is 0.301. The van der Waals surface area contributed by atoms with Crippen molar-refractivity contribution >= 4 is 13.3 Å². The van der Waals surface area contributed by atoms with Gasteiger partial charge in [0.25, 0.3) is 0 Å². The van der Waals surface area contributed by atoms with Crippen LogP contribution in [0, 0.1) is 6.92 Å². The van der Waals surface area contributed by atoms with Crippen LogP contribution in [0.2, 0.25) is 0 Å². The van der Waals surface area contributed by atoms with Gasteiger partial charge in [0, 0.05) is 17.3 Å². The zero-order valence-electron chi connectivity index (χ0n) is 27.8. The molecule has 1 unspecified atom stereocenters. The van der Waals surface area contributed by atoms with Crippen molar-refractivity contribution in [1.82, 2.24) is 4.98 Å². The maximum atomic E-state index is 14.7. The monoisotopic (exact) mass is 574 g/mol. The van der Waals surface area contributed by atoms with Crippen molar-refractivity contribution < 1.29 is 18.8 Å². The minimum atomic E-state index is -3.74. The molecule has 6 nitrogen and oxygen atoms in total. The molecule has 0 aliphatic rings. The van der Waals surface area contributed by atoms with Crippen LogP contribution in [0.1, 0.15) is 138 Å². The van der Waals surface area contributed by atoms with E-state index in [4.69, 9.17) is 9.15 Å². The number of anilines is 1. The minimum Gasteiger partial charge on any atom is -0.507 e. The summed E-state index contributed by atoms with van der Waals surface area (Å²) in [6.45, 7) is 31.2. The summed E-state index contributed by atoms with van der Waals surface area (Å²) in [5, 5.41) is 11.2. The molecule has 7 heteroatoms. The lowest BCUT2D eigenvalue weighted by Gasteiger charge is -2.34. The Bertz CT molecular complexity index is 1200. The summed E-state index contributed by atoms with van der Waals surface area (Å²) in [4.78, 5) is 4.68. The molecular weight excluding hydrogens is 519 g/mol. The molecule has 0 fully saturated rings. The molecule has 0 spiro atoms. The van der Waals surface area contributed by atoms with Crippen LogP contribution in [0.15, 0.2) is 18.3 Å². The largest absolute Gasteiger partial charge is 0.507 e. The van der Waals surface area contributed by atoms with Crippen molar-refractivity contribution in [3.63, 3.8) is 0 Å². The van der Waals surface area contributed by atoms with E-state index < -0.39 is 7.60 Å². The molecule has 0 aliphatic heterocycles. The number of aromatic nitrogens is 1. The average molecular weight is 575 g/mol. The Morgan fingerprint density at radius 2 is 1.27 bits per heavy atom. The molecule has 1 aromatic carbocycles. The van der Waals surface area contributed by atoms with Gasteiger partial charge in [-0.3, -0.25) is 10.5 Å². The molecule has 40 heavy (non-hydrogen) atoms. The molecule has 0 amide bonds. The van der Waals surface area contributed by atoms with E-state index in [1.807, 2.05) is 68.5 Å². The Morgan fingerprint density at radius 3 is 1.65 bits per heavy atom. The summed E-state index contributed by atoms with van der Waals surface area (Å²) in [6.07, 6.45) is 3.19. The minimum absolute atomic E-state index is 0.145. The number of hydrogen-bond donors (Lipinski definition) is 2. The number of pyridine rings is 1. The summed E-state index contributed by atoms with van der Waals surface area (Å²) in [5.74, 6) is 0.679. The third-order valence-corrected chi connectivity index (χ3v) is 9.86. The molecule has 0 aliphatic carbocycles. The Labute approximate surface area is 244 Å². The molecule has 226 valence electrons. The van der Waals surface area contributed by atoms with E-state index in [0.717, 1.165) is 33.6 Å². The van der Waals surface area contributed by atoms with Gasteiger partial charge in [-0.2, -0.15) is 4.62 Å². The van der Waals surface area contributed by atoms with E-state index in [9.17, 15) is 9.67 Å². The van der Waals surface area contributed by atoms with Gasteiger partial charge >= 0.3 is 7.60 Å². The second-order valence-corrected chi connectivity index (χ2v) is 17.3. The van der Waals surface area contributed by atoms with Gasteiger partial charge in [0.2, 0.25) is 0 Å². The Hall–Kier alpha value is -2.04. The fraction of sp³-hybridized carbons (Fsp3) is 0.667. The normalized spacial score (nSPS) is 14.8. The number of benzene rings is 1. The Balaban J connectivity index is 2.70. The van der Waals surface area contributed by atoms with Crippen molar-refractivity contribution in [3.05, 3.63) is 46.3 Å².